The Balaban J connectivity index is 1.86. The van der Waals surface area contributed by atoms with Crippen LogP contribution in [0.3, 0.4) is 0 Å². The second-order valence-electron chi connectivity index (χ2n) is 5.43. The summed E-state index contributed by atoms with van der Waals surface area (Å²) in [6.45, 7) is 3.75. The molecule has 0 spiro atoms. The van der Waals surface area contributed by atoms with E-state index in [1.807, 2.05) is 31.2 Å². The van der Waals surface area contributed by atoms with Crippen LogP contribution in [0.4, 0.5) is 0 Å². The van der Waals surface area contributed by atoms with Gasteiger partial charge in [0.15, 0.2) is 5.96 Å². The zero-order chi connectivity index (χ0) is 19.7. The second kappa shape index (κ2) is 10.5. The van der Waals surface area contributed by atoms with Gasteiger partial charge < -0.3 is 15.4 Å². The van der Waals surface area contributed by atoms with Crippen molar-refractivity contribution in [3.05, 3.63) is 46.3 Å². The Morgan fingerprint density at radius 3 is 2.70 bits per heavy atom. The molecule has 0 aliphatic carbocycles. The Labute approximate surface area is 168 Å². The van der Waals surface area contributed by atoms with Gasteiger partial charge in [0.2, 0.25) is 10.0 Å². The fourth-order valence-corrected chi connectivity index (χ4v) is 4.72. The van der Waals surface area contributed by atoms with Gasteiger partial charge in [-0.25, -0.2) is 18.1 Å². The van der Waals surface area contributed by atoms with Crippen molar-refractivity contribution in [2.75, 3.05) is 26.7 Å². The topological polar surface area (TPSA) is 91.8 Å². The number of aliphatic imine (C=N–C) groups is 1. The molecule has 10 heteroatoms. The Hall–Kier alpha value is -1.81. The van der Waals surface area contributed by atoms with Crippen LogP contribution < -0.4 is 20.1 Å². The van der Waals surface area contributed by atoms with Crippen LogP contribution in [0.1, 0.15) is 12.5 Å². The van der Waals surface area contributed by atoms with Crippen molar-refractivity contribution in [1.29, 1.82) is 0 Å². The van der Waals surface area contributed by atoms with Crippen LogP contribution in [0.15, 0.2) is 45.6 Å². The lowest BCUT2D eigenvalue weighted by atomic mass is 10.2. The maximum atomic E-state index is 12.1. The largest absolute Gasteiger partial charge is 0.497 e. The van der Waals surface area contributed by atoms with Crippen LogP contribution in [0.25, 0.3) is 0 Å². The smallest absolute Gasteiger partial charge is 0.250 e. The van der Waals surface area contributed by atoms with E-state index in [2.05, 4.69) is 20.3 Å². The SMILES string of the molecule is CCNC(=NCc1cccc(OC)c1)NCCNS(=O)(=O)c1ccc(Cl)s1. The highest BCUT2D eigenvalue weighted by Crippen LogP contribution is 2.25. The van der Waals surface area contributed by atoms with Crippen molar-refractivity contribution in [2.24, 2.45) is 4.99 Å². The lowest BCUT2D eigenvalue weighted by Crippen LogP contribution is -2.41. The third-order valence-corrected chi connectivity index (χ3v) is 6.61. The molecular weight excluding hydrogens is 408 g/mol. The highest BCUT2D eigenvalue weighted by atomic mass is 35.5. The summed E-state index contributed by atoms with van der Waals surface area (Å²) in [5.74, 6) is 1.39. The van der Waals surface area contributed by atoms with Gasteiger partial charge in [-0.3, -0.25) is 0 Å². The summed E-state index contributed by atoms with van der Waals surface area (Å²) in [6, 6.07) is 10.7. The molecule has 1 aromatic carbocycles. The number of nitrogens with zero attached hydrogens (tertiary/aromatic N) is 1. The highest BCUT2D eigenvalue weighted by molar-refractivity contribution is 7.91. The maximum absolute atomic E-state index is 12.1. The van der Waals surface area contributed by atoms with E-state index in [4.69, 9.17) is 16.3 Å². The van der Waals surface area contributed by atoms with E-state index >= 15 is 0 Å². The van der Waals surface area contributed by atoms with Crippen molar-refractivity contribution in [3.63, 3.8) is 0 Å². The molecule has 0 saturated heterocycles. The lowest BCUT2D eigenvalue weighted by Gasteiger charge is -2.12. The van der Waals surface area contributed by atoms with Gasteiger partial charge in [0.05, 0.1) is 18.0 Å². The van der Waals surface area contributed by atoms with Crippen LogP contribution in [0.5, 0.6) is 5.75 Å². The van der Waals surface area contributed by atoms with Crippen molar-refractivity contribution >= 4 is 38.9 Å². The first kappa shape index (κ1) is 21.5. The molecule has 7 nitrogen and oxygen atoms in total. The Kier molecular flexibility index (Phi) is 8.36. The van der Waals surface area contributed by atoms with Gasteiger partial charge in [0.1, 0.15) is 9.96 Å². The summed E-state index contributed by atoms with van der Waals surface area (Å²) in [5, 5.41) is 6.24. The summed E-state index contributed by atoms with van der Waals surface area (Å²) >= 11 is 6.81. The zero-order valence-electron chi connectivity index (χ0n) is 15.2. The number of methoxy groups -OCH3 is 1. The molecule has 1 aromatic heterocycles. The number of ether oxygens (including phenoxy) is 1. The fraction of sp³-hybridized carbons (Fsp3) is 0.353. The average Bonchev–Trinajstić information content (AvgIpc) is 3.10. The first-order valence-corrected chi connectivity index (χ1v) is 11.0. The van der Waals surface area contributed by atoms with Crippen molar-refractivity contribution in [3.8, 4) is 5.75 Å². The standard InChI is InChI=1S/C17H23ClN4O3S2/c1-3-19-17(21-12-13-5-4-6-14(11-13)25-2)20-9-10-22-27(23,24)16-8-7-15(18)26-16/h4-8,11,22H,3,9-10,12H2,1-2H3,(H2,19,20,21). The summed E-state index contributed by atoms with van der Waals surface area (Å²) in [6.07, 6.45) is 0. The molecule has 0 aliphatic rings. The molecule has 0 aliphatic heterocycles. The van der Waals surface area contributed by atoms with Gasteiger partial charge in [0.25, 0.3) is 0 Å². The number of guanidine groups is 1. The van der Waals surface area contributed by atoms with Crippen LogP contribution in [-0.2, 0) is 16.6 Å². The number of hydrogen-bond donors (Lipinski definition) is 3. The molecule has 0 atom stereocenters. The lowest BCUT2D eigenvalue weighted by molar-refractivity contribution is 0.414. The molecule has 148 valence electrons. The van der Waals surface area contributed by atoms with Crippen LogP contribution >= 0.6 is 22.9 Å². The molecule has 1 heterocycles. The molecule has 0 bridgehead atoms. The third-order valence-electron chi connectivity index (χ3n) is 3.42. The molecular formula is C17H23ClN4O3S2. The van der Waals surface area contributed by atoms with Gasteiger partial charge in [-0.15, -0.1) is 11.3 Å². The Morgan fingerprint density at radius 1 is 1.22 bits per heavy atom. The van der Waals surface area contributed by atoms with Gasteiger partial charge in [-0.2, -0.15) is 0 Å². The quantitative estimate of drug-likeness (QED) is 0.323. The average molecular weight is 431 g/mol. The van der Waals surface area contributed by atoms with Gasteiger partial charge >= 0.3 is 0 Å². The van der Waals surface area contributed by atoms with E-state index in [9.17, 15) is 8.42 Å². The van der Waals surface area contributed by atoms with Gasteiger partial charge in [0, 0.05) is 19.6 Å². The Morgan fingerprint density at radius 2 is 2.04 bits per heavy atom. The zero-order valence-corrected chi connectivity index (χ0v) is 17.5. The summed E-state index contributed by atoms with van der Waals surface area (Å²) in [5.41, 5.74) is 1.02. The summed E-state index contributed by atoms with van der Waals surface area (Å²) < 4.78 is 32.7. The van der Waals surface area contributed by atoms with Crippen LogP contribution in [-0.4, -0.2) is 41.1 Å². The van der Waals surface area contributed by atoms with E-state index in [0.717, 1.165) is 22.6 Å². The summed E-state index contributed by atoms with van der Waals surface area (Å²) in [7, 11) is -1.92. The minimum atomic E-state index is -3.54. The van der Waals surface area contributed by atoms with E-state index in [0.29, 0.717) is 29.9 Å². The van der Waals surface area contributed by atoms with Crippen molar-refractivity contribution in [2.45, 2.75) is 17.7 Å². The van der Waals surface area contributed by atoms with E-state index < -0.39 is 10.0 Å². The molecule has 2 aromatic rings. The van der Waals surface area contributed by atoms with E-state index in [1.165, 1.54) is 6.07 Å². The first-order valence-electron chi connectivity index (χ1n) is 8.34. The monoisotopic (exact) mass is 430 g/mol. The second-order valence-corrected chi connectivity index (χ2v) is 9.14. The van der Waals surface area contributed by atoms with E-state index in [1.54, 1.807) is 13.2 Å². The molecule has 3 N–H and O–H groups in total. The molecule has 27 heavy (non-hydrogen) atoms. The van der Waals surface area contributed by atoms with Gasteiger partial charge in [-0.1, -0.05) is 23.7 Å². The third kappa shape index (κ3) is 7.02. The van der Waals surface area contributed by atoms with Gasteiger partial charge in [-0.05, 0) is 36.8 Å². The minimum Gasteiger partial charge on any atom is -0.497 e. The molecule has 0 fully saturated rings. The number of hydrogen-bond acceptors (Lipinski definition) is 5. The van der Waals surface area contributed by atoms with Crippen LogP contribution in [0.2, 0.25) is 4.34 Å². The molecule has 0 amide bonds. The van der Waals surface area contributed by atoms with E-state index in [-0.39, 0.29) is 10.8 Å². The molecule has 0 saturated carbocycles. The normalized spacial score (nSPS) is 12.0. The first-order chi connectivity index (χ1) is 12.9. The predicted molar refractivity (Wildman–Crippen MR) is 110 cm³/mol. The predicted octanol–water partition coefficient (Wildman–Crippen LogP) is 2.44. The number of sulfonamides is 1. The maximum Gasteiger partial charge on any atom is 0.250 e. The molecule has 0 unspecified atom stereocenters. The number of thiophene rings is 1. The van der Waals surface area contributed by atoms with Crippen LogP contribution in [0, 0.1) is 0 Å². The molecule has 2 rings (SSSR count). The summed E-state index contributed by atoms with van der Waals surface area (Å²) in [4.78, 5) is 4.50. The van der Waals surface area contributed by atoms with Crippen molar-refractivity contribution in [1.82, 2.24) is 15.4 Å². The number of halogens is 1. The fourth-order valence-electron chi connectivity index (χ4n) is 2.16. The minimum absolute atomic E-state index is 0.200. The van der Waals surface area contributed by atoms with Crippen molar-refractivity contribution < 1.29 is 13.2 Å². The Bertz CT molecular complexity index is 869. The number of nitrogens with one attached hydrogen (secondary N) is 3. The number of benzene rings is 1. The number of rotatable bonds is 9. The highest BCUT2D eigenvalue weighted by Gasteiger charge is 2.15. The molecule has 0 radical (unpaired) electrons.